The minimum Gasteiger partial charge on any atom is -0.397 e. The third kappa shape index (κ3) is 3.17. The Labute approximate surface area is 124 Å². The van der Waals surface area contributed by atoms with Crippen LogP contribution < -0.4 is 15.8 Å². The molecule has 1 aromatic carbocycles. The minimum absolute atomic E-state index is 0.134. The maximum atomic E-state index is 11.7. The van der Waals surface area contributed by atoms with Crippen LogP contribution >= 0.6 is 0 Å². The van der Waals surface area contributed by atoms with Gasteiger partial charge in [-0.15, -0.1) is 0 Å². The molecule has 0 aliphatic carbocycles. The topological polar surface area (TPSA) is 102 Å². The van der Waals surface area contributed by atoms with Gasteiger partial charge in [-0.1, -0.05) is 6.92 Å². The maximum absolute atomic E-state index is 11.7. The number of nitrogens with one attached hydrogen (secondary N) is 2. The highest BCUT2D eigenvalue weighted by Gasteiger charge is 2.14. The van der Waals surface area contributed by atoms with Crippen LogP contribution in [0, 0.1) is 0 Å². The summed E-state index contributed by atoms with van der Waals surface area (Å²) in [5, 5.41) is 7.52. The van der Waals surface area contributed by atoms with E-state index in [0.717, 1.165) is 17.8 Å². The second-order valence-corrected chi connectivity index (χ2v) is 6.48. The lowest BCUT2D eigenvalue weighted by Crippen LogP contribution is -2.18. The van der Waals surface area contributed by atoms with E-state index in [1.54, 1.807) is 10.7 Å². The van der Waals surface area contributed by atoms with Gasteiger partial charge >= 0.3 is 0 Å². The number of sulfonamides is 1. The first-order valence-electron chi connectivity index (χ1n) is 6.50. The molecule has 8 heteroatoms. The molecule has 0 radical (unpaired) electrons. The first kappa shape index (κ1) is 15.3. The van der Waals surface area contributed by atoms with Crippen LogP contribution in [0.1, 0.15) is 12.6 Å². The first-order valence-corrected chi connectivity index (χ1v) is 7.98. The normalized spacial score (nSPS) is 11.6. The number of nitrogens with zero attached hydrogens (tertiary/aromatic N) is 2. The van der Waals surface area contributed by atoms with E-state index in [1.165, 1.54) is 19.2 Å². The van der Waals surface area contributed by atoms with E-state index >= 15 is 0 Å². The minimum atomic E-state index is -3.49. The largest absolute Gasteiger partial charge is 0.397 e. The van der Waals surface area contributed by atoms with Crippen molar-refractivity contribution in [2.24, 2.45) is 7.05 Å². The van der Waals surface area contributed by atoms with Crippen molar-refractivity contribution in [1.29, 1.82) is 0 Å². The van der Waals surface area contributed by atoms with Crippen LogP contribution in [0.25, 0.3) is 0 Å². The van der Waals surface area contributed by atoms with Gasteiger partial charge in [0.15, 0.2) is 0 Å². The van der Waals surface area contributed by atoms with E-state index in [-0.39, 0.29) is 4.90 Å². The number of hydrogen-bond acceptors (Lipinski definition) is 5. The SMILES string of the molecule is CCc1nn(C)cc1Nc1ccc(S(=O)(=O)NC)cc1N. The molecule has 0 spiro atoms. The molecule has 4 N–H and O–H groups in total. The number of aromatic nitrogens is 2. The Hall–Kier alpha value is -2.06. The summed E-state index contributed by atoms with van der Waals surface area (Å²) in [5.41, 5.74) is 8.72. The third-order valence-corrected chi connectivity index (χ3v) is 4.52. The molecule has 0 fully saturated rings. The number of benzene rings is 1. The quantitative estimate of drug-likeness (QED) is 0.721. The maximum Gasteiger partial charge on any atom is 0.240 e. The van der Waals surface area contributed by atoms with E-state index < -0.39 is 10.0 Å². The molecular formula is C13H19N5O2S. The zero-order valence-corrected chi connectivity index (χ0v) is 13.0. The van der Waals surface area contributed by atoms with Gasteiger partial charge in [0.05, 0.1) is 27.7 Å². The molecule has 0 unspecified atom stereocenters. The number of nitrogen functional groups attached to an aromatic ring is 1. The lowest BCUT2D eigenvalue weighted by atomic mass is 10.2. The molecular weight excluding hydrogens is 290 g/mol. The highest BCUT2D eigenvalue weighted by Crippen LogP contribution is 2.27. The molecule has 0 saturated heterocycles. The zero-order valence-electron chi connectivity index (χ0n) is 12.2. The lowest BCUT2D eigenvalue weighted by Gasteiger charge is -2.10. The standard InChI is InChI=1S/C13H19N5O2S/c1-4-11-13(8-18(3)17-11)16-12-6-5-9(7-10(12)14)21(19,20)15-2/h5-8,15-16H,4,14H2,1-3H3. The number of rotatable bonds is 5. The van der Waals surface area contributed by atoms with Gasteiger partial charge in [-0.2, -0.15) is 5.10 Å². The summed E-state index contributed by atoms with van der Waals surface area (Å²) in [6.07, 6.45) is 2.64. The van der Waals surface area contributed by atoms with Crippen LogP contribution in [0.4, 0.5) is 17.1 Å². The van der Waals surface area contributed by atoms with Gasteiger partial charge in [0.25, 0.3) is 0 Å². The summed E-state index contributed by atoms with van der Waals surface area (Å²) in [4.78, 5) is 0.134. The molecule has 7 nitrogen and oxygen atoms in total. The molecule has 0 saturated carbocycles. The molecule has 0 atom stereocenters. The van der Waals surface area contributed by atoms with Crippen LogP contribution in [0.2, 0.25) is 0 Å². The average molecular weight is 309 g/mol. The molecule has 0 aliphatic heterocycles. The van der Waals surface area contributed by atoms with Crippen molar-refractivity contribution in [1.82, 2.24) is 14.5 Å². The van der Waals surface area contributed by atoms with Gasteiger partial charge < -0.3 is 11.1 Å². The molecule has 2 aromatic rings. The Balaban J connectivity index is 2.34. The third-order valence-electron chi connectivity index (χ3n) is 3.11. The molecule has 1 aromatic heterocycles. The van der Waals surface area contributed by atoms with Crippen LogP contribution in [0.3, 0.4) is 0 Å². The van der Waals surface area contributed by atoms with Gasteiger partial charge in [-0.3, -0.25) is 4.68 Å². The Morgan fingerprint density at radius 3 is 2.62 bits per heavy atom. The van der Waals surface area contributed by atoms with Gasteiger partial charge in [-0.25, -0.2) is 13.1 Å². The molecule has 0 bridgehead atoms. The van der Waals surface area contributed by atoms with Crippen LogP contribution in [0.5, 0.6) is 0 Å². The first-order chi connectivity index (χ1) is 9.87. The summed E-state index contributed by atoms with van der Waals surface area (Å²) in [5.74, 6) is 0. The molecule has 0 aliphatic rings. The molecule has 21 heavy (non-hydrogen) atoms. The van der Waals surface area contributed by atoms with Crippen molar-refractivity contribution in [2.45, 2.75) is 18.2 Å². The fraction of sp³-hybridized carbons (Fsp3) is 0.308. The second kappa shape index (κ2) is 5.74. The predicted octanol–water partition coefficient (Wildman–Crippen LogP) is 1.22. The van der Waals surface area contributed by atoms with Crippen molar-refractivity contribution in [2.75, 3.05) is 18.1 Å². The van der Waals surface area contributed by atoms with Gasteiger partial charge in [0.1, 0.15) is 0 Å². The van der Waals surface area contributed by atoms with E-state index in [2.05, 4.69) is 15.1 Å². The number of hydrogen-bond donors (Lipinski definition) is 3. The molecule has 0 amide bonds. The van der Waals surface area contributed by atoms with Gasteiger partial charge in [0.2, 0.25) is 10.0 Å². The van der Waals surface area contributed by atoms with Crippen molar-refractivity contribution in [3.8, 4) is 0 Å². The Bertz CT molecular complexity index is 752. The summed E-state index contributed by atoms with van der Waals surface area (Å²) < 4.78 is 27.4. The van der Waals surface area contributed by atoms with Gasteiger partial charge in [-0.05, 0) is 31.7 Å². The number of aryl methyl sites for hydroxylation is 2. The Morgan fingerprint density at radius 2 is 2.05 bits per heavy atom. The highest BCUT2D eigenvalue weighted by atomic mass is 32.2. The van der Waals surface area contributed by atoms with Crippen molar-refractivity contribution in [3.63, 3.8) is 0 Å². The molecule has 2 rings (SSSR count). The van der Waals surface area contributed by atoms with Crippen LogP contribution in [-0.2, 0) is 23.5 Å². The zero-order chi connectivity index (χ0) is 15.6. The monoisotopic (exact) mass is 309 g/mol. The second-order valence-electron chi connectivity index (χ2n) is 4.60. The van der Waals surface area contributed by atoms with Crippen molar-refractivity contribution in [3.05, 3.63) is 30.1 Å². The lowest BCUT2D eigenvalue weighted by molar-refractivity contribution is 0.588. The Kier molecular flexibility index (Phi) is 4.19. The van der Waals surface area contributed by atoms with Crippen molar-refractivity contribution >= 4 is 27.1 Å². The summed E-state index contributed by atoms with van der Waals surface area (Å²) >= 11 is 0. The average Bonchev–Trinajstić information content (AvgIpc) is 2.81. The van der Waals surface area contributed by atoms with E-state index in [0.29, 0.717) is 11.4 Å². The summed E-state index contributed by atoms with van der Waals surface area (Å²) in [7, 11) is -0.288. The smallest absolute Gasteiger partial charge is 0.240 e. The summed E-state index contributed by atoms with van der Waals surface area (Å²) in [6.45, 7) is 2.01. The highest BCUT2D eigenvalue weighted by molar-refractivity contribution is 7.89. The summed E-state index contributed by atoms with van der Waals surface area (Å²) in [6, 6.07) is 4.58. The van der Waals surface area contributed by atoms with Crippen LogP contribution in [0.15, 0.2) is 29.3 Å². The number of nitrogens with two attached hydrogens (primary N) is 1. The Morgan fingerprint density at radius 1 is 1.33 bits per heavy atom. The van der Waals surface area contributed by atoms with Crippen molar-refractivity contribution < 1.29 is 8.42 Å². The van der Waals surface area contributed by atoms with E-state index in [9.17, 15) is 8.42 Å². The van der Waals surface area contributed by atoms with E-state index in [4.69, 9.17) is 5.73 Å². The predicted molar refractivity (Wildman–Crippen MR) is 83.0 cm³/mol. The van der Waals surface area contributed by atoms with E-state index in [1.807, 2.05) is 20.2 Å². The van der Waals surface area contributed by atoms with Crippen LogP contribution in [-0.4, -0.2) is 25.2 Å². The van der Waals surface area contributed by atoms with Gasteiger partial charge in [0, 0.05) is 13.2 Å². The fourth-order valence-electron chi connectivity index (χ4n) is 1.98. The number of anilines is 3. The molecule has 1 heterocycles. The fourth-order valence-corrected chi connectivity index (χ4v) is 2.75. The molecule has 114 valence electrons.